The molecule has 0 spiro atoms. The Kier molecular flexibility index (Phi) is 4.10. The van der Waals surface area contributed by atoms with Gasteiger partial charge < -0.3 is 15.0 Å². The van der Waals surface area contributed by atoms with Crippen LogP contribution in [0.3, 0.4) is 0 Å². The summed E-state index contributed by atoms with van der Waals surface area (Å²) in [6.45, 7) is -0.181. The zero-order chi connectivity index (χ0) is 14.7. The molecule has 6 heteroatoms. The average Bonchev–Trinajstić information content (AvgIpc) is 2.83. The number of halogens is 1. The van der Waals surface area contributed by atoms with Gasteiger partial charge in [-0.2, -0.15) is 0 Å². The van der Waals surface area contributed by atoms with Gasteiger partial charge in [0, 0.05) is 18.3 Å². The third-order valence-electron chi connectivity index (χ3n) is 2.80. The minimum atomic E-state index is -0.659. The molecule has 1 aromatic heterocycles. The summed E-state index contributed by atoms with van der Waals surface area (Å²) in [5.41, 5.74) is 5.92. The van der Waals surface area contributed by atoms with Crippen molar-refractivity contribution in [3.05, 3.63) is 52.8 Å². The standard InChI is InChI=1S/C14H13ClN2O3/c1-17-6-2-3-11(17)12(18)8-20-13-5-4-9(15)7-10(13)14(16)19/h2-7H,8H2,1H3,(H2,16,19). The summed E-state index contributed by atoms with van der Waals surface area (Å²) < 4.78 is 7.07. The first-order valence-electron chi connectivity index (χ1n) is 5.85. The molecular formula is C14H13ClN2O3. The third kappa shape index (κ3) is 3.00. The molecule has 104 valence electrons. The van der Waals surface area contributed by atoms with Gasteiger partial charge in [0.05, 0.1) is 11.3 Å². The Labute approximate surface area is 120 Å². The van der Waals surface area contributed by atoms with E-state index in [9.17, 15) is 9.59 Å². The van der Waals surface area contributed by atoms with Crippen molar-refractivity contribution in [1.82, 2.24) is 4.57 Å². The van der Waals surface area contributed by atoms with Gasteiger partial charge in [-0.1, -0.05) is 11.6 Å². The lowest BCUT2D eigenvalue weighted by molar-refractivity contribution is 0.0904. The van der Waals surface area contributed by atoms with Crippen LogP contribution in [0.1, 0.15) is 20.8 Å². The van der Waals surface area contributed by atoms with Crippen LogP contribution in [0.15, 0.2) is 36.5 Å². The van der Waals surface area contributed by atoms with E-state index in [1.54, 1.807) is 36.0 Å². The predicted octanol–water partition coefficient (Wildman–Crippen LogP) is 2.04. The summed E-state index contributed by atoms with van der Waals surface area (Å²) >= 11 is 5.79. The van der Waals surface area contributed by atoms with Gasteiger partial charge in [0.2, 0.25) is 5.78 Å². The molecule has 0 bridgehead atoms. The van der Waals surface area contributed by atoms with Gasteiger partial charge in [-0.3, -0.25) is 9.59 Å². The van der Waals surface area contributed by atoms with E-state index in [-0.39, 0.29) is 23.7 Å². The van der Waals surface area contributed by atoms with E-state index in [0.717, 1.165) is 0 Å². The SMILES string of the molecule is Cn1cccc1C(=O)COc1ccc(Cl)cc1C(N)=O. The van der Waals surface area contributed by atoms with Crippen LogP contribution in [-0.4, -0.2) is 22.9 Å². The number of Topliss-reactive ketones (excluding diaryl/α,β-unsaturated/α-hetero) is 1. The fraction of sp³-hybridized carbons (Fsp3) is 0.143. The Morgan fingerprint density at radius 3 is 2.70 bits per heavy atom. The molecule has 0 atom stereocenters. The zero-order valence-corrected chi connectivity index (χ0v) is 11.6. The highest BCUT2D eigenvalue weighted by Gasteiger charge is 2.14. The molecule has 2 aromatic rings. The van der Waals surface area contributed by atoms with E-state index in [1.807, 2.05) is 0 Å². The number of amides is 1. The number of ether oxygens (including phenoxy) is 1. The van der Waals surface area contributed by atoms with Crippen molar-refractivity contribution >= 4 is 23.3 Å². The first-order chi connectivity index (χ1) is 9.49. The molecular weight excluding hydrogens is 280 g/mol. The van der Waals surface area contributed by atoms with Crippen LogP contribution in [0.2, 0.25) is 5.02 Å². The molecule has 1 aromatic carbocycles. The maximum Gasteiger partial charge on any atom is 0.252 e. The Morgan fingerprint density at radius 1 is 1.35 bits per heavy atom. The highest BCUT2D eigenvalue weighted by Crippen LogP contribution is 2.22. The fourth-order valence-electron chi connectivity index (χ4n) is 1.79. The van der Waals surface area contributed by atoms with Crippen LogP contribution in [-0.2, 0) is 7.05 Å². The Bertz CT molecular complexity index is 664. The number of benzene rings is 1. The van der Waals surface area contributed by atoms with Crippen molar-refractivity contribution in [3.63, 3.8) is 0 Å². The number of carbonyl (C=O) groups excluding carboxylic acids is 2. The van der Waals surface area contributed by atoms with Crippen molar-refractivity contribution in [1.29, 1.82) is 0 Å². The molecule has 0 fully saturated rings. The van der Waals surface area contributed by atoms with Gasteiger partial charge in [0.15, 0.2) is 6.61 Å². The van der Waals surface area contributed by atoms with Crippen LogP contribution in [0.5, 0.6) is 5.75 Å². The Morgan fingerprint density at radius 2 is 2.10 bits per heavy atom. The molecule has 5 nitrogen and oxygen atoms in total. The van der Waals surface area contributed by atoms with Crippen LogP contribution in [0.4, 0.5) is 0 Å². The number of aromatic nitrogens is 1. The molecule has 2 rings (SSSR count). The molecule has 0 saturated heterocycles. The zero-order valence-electron chi connectivity index (χ0n) is 10.8. The number of rotatable bonds is 5. The van der Waals surface area contributed by atoms with Crippen LogP contribution in [0, 0.1) is 0 Å². The minimum absolute atomic E-state index is 0.150. The number of aryl methyl sites for hydroxylation is 1. The van der Waals surface area contributed by atoms with Crippen molar-refractivity contribution in [2.24, 2.45) is 12.8 Å². The maximum absolute atomic E-state index is 12.0. The minimum Gasteiger partial charge on any atom is -0.485 e. The summed E-state index contributed by atoms with van der Waals surface area (Å²) in [4.78, 5) is 23.3. The highest BCUT2D eigenvalue weighted by molar-refractivity contribution is 6.31. The van der Waals surface area contributed by atoms with Crippen LogP contribution in [0.25, 0.3) is 0 Å². The third-order valence-corrected chi connectivity index (χ3v) is 3.03. The monoisotopic (exact) mass is 292 g/mol. The van der Waals surface area contributed by atoms with Crippen LogP contribution < -0.4 is 10.5 Å². The van der Waals surface area contributed by atoms with Gasteiger partial charge in [0.25, 0.3) is 5.91 Å². The van der Waals surface area contributed by atoms with Gasteiger partial charge in [-0.15, -0.1) is 0 Å². The molecule has 1 amide bonds. The molecule has 1 heterocycles. The van der Waals surface area contributed by atoms with Crippen molar-refractivity contribution in [2.45, 2.75) is 0 Å². The van der Waals surface area contributed by atoms with Crippen LogP contribution >= 0.6 is 11.6 Å². The number of hydrogen-bond donors (Lipinski definition) is 1. The lowest BCUT2D eigenvalue weighted by Gasteiger charge is -2.09. The number of nitrogens with two attached hydrogens (primary N) is 1. The second kappa shape index (κ2) is 5.79. The van der Waals surface area contributed by atoms with E-state index in [2.05, 4.69) is 0 Å². The summed E-state index contributed by atoms with van der Waals surface area (Å²) in [6.07, 6.45) is 1.77. The topological polar surface area (TPSA) is 74.3 Å². The number of hydrogen-bond acceptors (Lipinski definition) is 3. The molecule has 20 heavy (non-hydrogen) atoms. The second-order valence-electron chi connectivity index (χ2n) is 4.22. The summed E-state index contributed by atoms with van der Waals surface area (Å²) in [5.74, 6) is -0.610. The molecule has 2 N–H and O–H groups in total. The lowest BCUT2D eigenvalue weighted by atomic mass is 10.2. The first kappa shape index (κ1) is 14.1. The van der Waals surface area contributed by atoms with E-state index < -0.39 is 5.91 Å². The molecule has 0 aliphatic carbocycles. The summed E-state index contributed by atoms with van der Waals surface area (Å²) in [6, 6.07) is 7.95. The fourth-order valence-corrected chi connectivity index (χ4v) is 1.96. The maximum atomic E-state index is 12.0. The highest BCUT2D eigenvalue weighted by atomic mass is 35.5. The molecule has 0 saturated carbocycles. The number of nitrogens with zero attached hydrogens (tertiary/aromatic N) is 1. The smallest absolute Gasteiger partial charge is 0.252 e. The molecule has 0 aliphatic rings. The molecule has 0 unspecified atom stereocenters. The van der Waals surface area contributed by atoms with E-state index in [1.165, 1.54) is 12.1 Å². The molecule has 0 aliphatic heterocycles. The largest absolute Gasteiger partial charge is 0.485 e. The summed E-state index contributed by atoms with van der Waals surface area (Å²) in [7, 11) is 1.77. The van der Waals surface area contributed by atoms with Gasteiger partial charge in [-0.05, 0) is 30.3 Å². The molecule has 0 radical (unpaired) electrons. The summed E-state index contributed by atoms with van der Waals surface area (Å²) in [5, 5.41) is 0.375. The average molecular weight is 293 g/mol. The van der Waals surface area contributed by atoms with Gasteiger partial charge in [-0.25, -0.2) is 0 Å². The Hall–Kier alpha value is -2.27. The van der Waals surface area contributed by atoms with Crippen molar-refractivity contribution in [2.75, 3.05) is 6.61 Å². The normalized spacial score (nSPS) is 10.3. The van der Waals surface area contributed by atoms with E-state index >= 15 is 0 Å². The number of primary amides is 1. The number of carbonyl (C=O) groups is 2. The first-order valence-corrected chi connectivity index (χ1v) is 6.23. The van der Waals surface area contributed by atoms with Gasteiger partial charge >= 0.3 is 0 Å². The van der Waals surface area contributed by atoms with Crippen molar-refractivity contribution in [3.8, 4) is 5.75 Å². The van der Waals surface area contributed by atoms with Crippen molar-refractivity contribution < 1.29 is 14.3 Å². The van der Waals surface area contributed by atoms with E-state index in [0.29, 0.717) is 10.7 Å². The predicted molar refractivity (Wildman–Crippen MR) is 75.2 cm³/mol. The second-order valence-corrected chi connectivity index (χ2v) is 4.66. The van der Waals surface area contributed by atoms with Gasteiger partial charge in [0.1, 0.15) is 5.75 Å². The number of ketones is 1. The quantitative estimate of drug-likeness (QED) is 0.857. The van der Waals surface area contributed by atoms with E-state index in [4.69, 9.17) is 22.1 Å². The Balaban J connectivity index is 2.14. The lowest BCUT2D eigenvalue weighted by Crippen LogP contribution is -2.18.